The molecule has 0 spiro atoms. The molecule has 66 valence electrons. The monoisotopic (exact) mass is 173 g/mol. The largest absolute Gasteiger partial charge is 0.322 e. The van der Waals surface area contributed by atoms with E-state index < -0.39 is 0 Å². The number of pyridine rings is 1. The standard InChI is InChI=1S/C10H11N3/c1-2-4-9(12)10-6-3-5-8(7-11)13-10/h2-3,5-6,9H,1,4,12H2/t9-/m1/s1. The van der Waals surface area contributed by atoms with Crippen LogP contribution in [-0.4, -0.2) is 4.98 Å². The molecule has 0 aliphatic rings. The third kappa shape index (κ3) is 2.39. The second-order valence-electron chi connectivity index (χ2n) is 2.69. The van der Waals surface area contributed by atoms with E-state index in [4.69, 9.17) is 11.0 Å². The van der Waals surface area contributed by atoms with Crippen molar-refractivity contribution in [2.24, 2.45) is 5.73 Å². The van der Waals surface area contributed by atoms with E-state index in [0.717, 1.165) is 5.69 Å². The van der Waals surface area contributed by atoms with E-state index in [1.54, 1.807) is 18.2 Å². The van der Waals surface area contributed by atoms with Crippen molar-refractivity contribution >= 4 is 0 Å². The molecule has 1 aromatic heterocycles. The zero-order valence-electron chi connectivity index (χ0n) is 7.27. The Balaban J connectivity index is 2.89. The van der Waals surface area contributed by atoms with Gasteiger partial charge in [-0.1, -0.05) is 12.1 Å². The number of hydrogen-bond donors (Lipinski definition) is 1. The van der Waals surface area contributed by atoms with Crippen LogP contribution >= 0.6 is 0 Å². The van der Waals surface area contributed by atoms with Crippen molar-refractivity contribution in [2.75, 3.05) is 0 Å². The second-order valence-corrected chi connectivity index (χ2v) is 2.69. The van der Waals surface area contributed by atoms with Crippen molar-refractivity contribution < 1.29 is 0 Å². The van der Waals surface area contributed by atoms with Crippen molar-refractivity contribution in [3.8, 4) is 6.07 Å². The Morgan fingerprint density at radius 2 is 2.46 bits per heavy atom. The first-order chi connectivity index (χ1) is 6.27. The van der Waals surface area contributed by atoms with E-state index in [-0.39, 0.29) is 6.04 Å². The van der Waals surface area contributed by atoms with E-state index in [9.17, 15) is 0 Å². The van der Waals surface area contributed by atoms with Crippen LogP contribution in [0, 0.1) is 11.3 Å². The van der Waals surface area contributed by atoms with Crippen molar-refractivity contribution in [3.63, 3.8) is 0 Å². The molecule has 0 amide bonds. The summed E-state index contributed by atoms with van der Waals surface area (Å²) in [7, 11) is 0. The molecule has 2 N–H and O–H groups in total. The van der Waals surface area contributed by atoms with E-state index >= 15 is 0 Å². The van der Waals surface area contributed by atoms with Crippen LogP contribution in [0.4, 0.5) is 0 Å². The maximum absolute atomic E-state index is 8.60. The van der Waals surface area contributed by atoms with Gasteiger partial charge in [-0.3, -0.25) is 0 Å². The number of nitrogens with two attached hydrogens (primary N) is 1. The maximum atomic E-state index is 8.60. The minimum absolute atomic E-state index is 0.161. The van der Waals surface area contributed by atoms with Gasteiger partial charge in [0, 0.05) is 0 Å². The molecule has 0 bridgehead atoms. The van der Waals surface area contributed by atoms with Gasteiger partial charge < -0.3 is 5.73 Å². The summed E-state index contributed by atoms with van der Waals surface area (Å²) in [6, 6.07) is 7.06. The average Bonchev–Trinajstić information content (AvgIpc) is 2.18. The lowest BCUT2D eigenvalue weighted by molar-refractivity contribution is 0.712. The van der Waals surface area contributed by atoms with Gasteiger partial charge in [-0.05, 0) is 18.6 Å². The number of nitrogens with zero attached hydrogens (tertiary/aromatic N) is 2. The Hall–Kier alpha value is -1.66. The first-order valence-electron chi connectivity index (χ1n) is 4.01. The molecule has 0 aromatic carbocycles. The fourth-order valence-electron chi connectivity index (χ4n) is 1.02. The third-order valence-electron chi connectivity index (χ3n) is 1.69. The van der Waals surface area contributed by atoms with Gasteiger partial charge in [0.25, 0.3) is 0 Å². The fraction of sp³-hybridized carbons (Fsp3) is 0.200. The molecule has 1 atom stereocenters. The van der Waals surface area contributed by atoms with Crippen molar-refractivity contribution in [1.82, 2.24) is 4.98 Å². The smallest absolute Gasteiger partial charge is 0.140 e. The molecule has 0 aliphatic heterocycles. The normalized spacial score (nSPS) is 11.7. The van der Waals surface area contributed by atoms with Gasteiger partial charge in [-0.15, -0.1) is 6.58 Å². The van der Waals surface area contributed by atoms with Gasteiger partial charge in [0.1, 0.15) is 11.8 Å². The molecule has 0 saturated heterocycles. The average molecular weight is 173 g/mol. The summed E-state index contributed by atoms with van der Waals surface area (Å²) in [4.78, 5) is 4.08. The van der Waals surface area contributed by atoms with Crippen LogP contribution in [0.5, 0.6) is 0 Å². The topological polar surface area (TPSA) is 62.7 Å². The van der Waals surface area contributed by atoms with Crippen LogP contribution in [-0.2, 0) is 0 Å². The van der Waals surface area contributed by atoms with E-state index in [0.29, 0.717) is 12.1 Å². The van der Waals surface area contributed by atoms with E-state index in [1.165, 1.54) is 0 Å². The summed E-state index contributed by atoms with van der Waals surface area (Å²) in [5.74, 6) is 0. The quantitative estimate of drug-likeness (QED) is 0.705. The SMILES string of the molecule is C=CC[C@@H](N)c1cccc(C#N)n1. The number of rotatable bonds is 3. The first-order valence-corrected chi connectivity index (χ1v) is 4.01. The summed E-state index contributed by atoms with van der Waals surface area (Å²) < 4.78 is 0. The first kappa shape index (κ1) is 9.43. The van der Waals surface area contributed by atoms with Gasteiger partial charge >= 0.3 is 0 Å². The summed E-state index contributed by atoms with van der Waals surface area (Å²) in [5, 5.41) is 8.60. The summed E-state index contributed by atoms with van der Waals surface area (Å²) in [6.45, 7) is 3.60. The fourth-order valence-corrected chi connectivity index (χ4v) is 1.02. The highest BCUT2D eigenvalue weighted by atomic mass is 14.8. The predicted molar refractivity (Wildman–Crippen MR) is 50.7 cm³/mol. The Labute approximate surface area is 77.5 Å². The van der Waals surface area contributed by atoms with Crippen LogP contribution in [0.2, 0.25) is 0 Å². The number of aromatic nitrogens is 1. The molecule has 3 heteroatoms. The zero-order chi connectivity index (χ0) is 9.68. The Morgan fingerprint density at radius 1 is 1.69 bits per heavy atom. The molecule has 13 heavy (non-hydrogen) atoms. The molecular formula is C10H11N3. The molecule has 1 heterocycles. The van der Waals surface area contributed by atoms with Crippen molar-refractivity contribution in [3.05, 3.63) is 42.2 Å². The Morgan fingerprint density at radius 3 is 3.08 bits per heavy atom. The number of hydrogen-bond acceptors (Lipinski definition) is 3. The third-order valence-corrected chi connectivity index (χ3v) is 1.69. The lowest BCUT2D eigenvalue weighted by Gasteiger charge is -2.07. The summed E-state index contributed by atoms with van der Waals surface area (Å²) >= 11 is 0. The van der Waals surface area contributed by atoms with Crippen LogP contribution in [0.1, 0.15) is 23.9 Å². The van der Waals surface area contributed by atoms with Gasteiger partial charge in [-0.25, -0.2) is 4.98 Å². The van der Waals surface area contributed by atoms with Crippen molar-refractivity contribution in [2.45, 2.75) is 12.5 Å². The molecule has 3 nitrogen and oxygen atoms in total. The highest BCUT2D eigenvalue weighted by Crippen LogP contribution is 2.11. The van der Waals surface area contributed by atoms with Gasteiger partial charge in [-0.2, -0.15) is 5.26 Å². The summed E-state index contributed by atoms with van der Waals surface area (Å²) in [6.07, 6.45) is 2.41. The minimum atomic E-state index is -0.161. The maximum Gasteiger partial charge on any atom is 0.140 e. The predicted octanol–water partition coefficient (Wildman–Crippen LogP) is 1.53. The summed E-state index contributed by atoms with van der Waals surface area (Å²) in [5.41, 5.74) is 6.92. The Kier molecular flexibility index (Phi) is 3.18. The van der Waals surface area contributed by atoms with Crippen molar-refractivity contribution in [1.29, 1.82) is 5.26 Å². The molecule has 0 unspecified atom stereocenters. The van der Waals surface area contributed by atoms with Crippen LogP contribution < -0.4 is 5.73 Å². The lowest BCUT2D eigenvalue weighted by atomic mass is 10.1. The van der Waals surface area contributed by atoms with Crippen LogP contribution in [0.3, 0.4) is 0 Å². The van der Waals surface area contributed by atoms with Gasteiger partial charge in [0.2, 0.25) is 0 Å². The molecule has 0 fully saturated rings. The van der Waals surface area contributed by atoms with Gasteiger partial charge in [0.15, 0.2) is 0 Å². The Bertz CT molecular complexity index is 338. The highest BCUT2D eigenvalue weighted by Gasteiger charge is 2.05. The highest BCUT2D eigenvalue weighted by molar-refractivity contribution is 5.23. The van der Waals surface area contributed by atoms with E-state index in [1.807, 2.05) is 12.1 Å². The van der Waals surface area contributed by atoms with E-state index in [2.05, 4.69) is 11.6 Å². The van der Waals surface area contributed by atoms with Gasteiger partial charge in [0.05, 0.1) is 11.7 Å². The number of nitriles is 1. The molecule has 0 saturated carbocycles. The van der Waals surface area contributed by atoms with Crippen LogP contribution in [0.25, 0.3) is 0 Å². The zero-order valence-corrected chi connectivity index (χ0v) is 7.27. The minimum Gasteiger partial charge on any atom is -0.322 e. The molecular weight excluding hydrogens is 162 g/mol. The lowest BCUT2D eigenvalue weighted by Crippen LogP contribution is -2.11. The van der Waals surface area contributed by atoms with Crippen LogP contribution in [0.15, 0.2) is 30.9 Å². The molecule has 0 radical (unpaired) electrons. The second kappa shape index (κ2) is 4.39. The molecule has 1 aromatic rings. The molecule has 0 aliphatic carbocycles. The molecule has 1 rings (SSSR count).